The van der Waals surface area contributed by atoms with Crippen LogP contribution in [0, 0.1) is 0 Å². The van der Waals surface area contributed by atoms with E-state index in [0.29, 0.717) is 18.1 Å². The van der Waals surface area contributed by atoms with Crippen LogP contribution in [0.5, 0.6) is 0 Å². The number of hydrogen-bond donors (Lipinski definition) is 1. The van der Waals surface area contributed by atoms with E-state index in [2.05, 4.69) is 0 Å². The van der Waals surface area contributed by atoms with E-state index in [-0.39, 0.29) is 0 Å². The average Bonchev–Trinajstić information content (AvgIpc) is 2.17. The summed E-state index contributed by atoms with van der Waals surface area (Å²) in [7, 11) is 0. The van der Waals surface area contributed by atoms with Crippen molar-refractivity contribution < 1.29 is 14.6 Å². The van der Waals surface area contributed by atoms with Gasteiger partial charge in [-0.05, 0) is 24.6 Å². The number of rotatable bonds is 5. The van der Waals surface area contributed by atoms with Gasteiger partial charge in [0.1, 0.15) is 0 Å². The van der Waals surface area contributed by atoms with Gasteiger partial charge in [-0.15, -0.1) is 0 Å². The van der Waals surface area contributed by atoms with E-state index in [1.165, 1.54) is 0 Å². The number of carboxylic acids is 1. The van der Waals surface area contributed by atoms with Crippen LogP contribution in [-0.2, 0) is 16.0 Å². The third-order valence-corrected chi connectivity index (χ3v) is 2.19. The largest absolute Gasteiger partial charge is 0.479 e. The minimum absolute atomic E-state index is 0.337. The molecule has 1 unspecified atom stereocenters. The normalized spacial score (nSPS) is 12.4. The molecule has 0 amide bonds. The molecule has 0 bridgehead atoms. The van der Waals surface area contributed by atoms with Crippen molar-refractivity contribution in [2.24, 2.45) is 0 Å². The van der Waals surface area contributed by atoms with Crippen molar-refractivity contribution >= 4 is 17.6 Å². The first-order valence-electron chi connectivity index (χ1n) is 4.72. The Morgan fingerprint density at radius 2 is 2.33 bits per heavy atom. The van der Waals surface area contributed by atoms with E-state index < -0.39 is 12.1 Å². The number of carbonyl (C=O) groups is 1. The molecule has 0 spiro atoms. The Hall–Kier alpha value is -1.06. The van der Waals surface area contributed by atoms with Crippen molar-refractivity contribution in [1.29, 1.82) is 0 Å². The quantitative estimate of drug-likeness (QED) is 0.842. The van der Waals surface area contributed by atoms with Gasteiger partial charge in [-0.3, -0.25) is 0 Å². The van der Waals surface area contributed by atoms with E-state index in [9.17, 15) is 4.79 Å². The van der Waals surface area contributed by atoms with Crippen LogP contribution in [0.15, 0.2) is 24.3 Å². The van der Waals surface area contributed by atoms with E-state index in [4.69, 9.17) is 21.4 Å². The van der Waals surface area contributed by atoms with Gasteiger partial charge >= 0.3 is 5.97 Å². The molecule has 15 heavy (non-hydrogen) atoms. The van der Waals surface area contributed by atoms with Gasteiger partial charge in [-0.25, -0.2) is 4.79 Å². The Morgan fingerprint density at radius 1 is 1.60 bits per heavy atom. The van der Waals surface area contributed by atoms with E-state index in [1.807, 2.05) is 6.07 Å². The molecular formula is C11H13ClO3. The van der Waals surface area contributed by atoms with Crippen LogP contribution in [0.2, 0.25) is 5.02 Å². The van der Waals surface area contributed by atoms with Gasteiger partial charge in [-0.2, -0.15) is 0 Å². The molecule has 0 aliphatic heterocycles. The highest BCUT2D eigenvalue weighted by atomic mass is 35.5. The highest BCUT2D eigenvalue weighted by molar-refractivity contribution is 6.30. The lowest BCUT2D eigenvalue weighted by Gasteiger charge is -2.12. The van der Waals surface area contributed by atoms with Gasteiger partial charge in [0.05, 0.1) is 0 Å². The maximum atomic E-state index is 10.8. The number of hydrogen-bond acceptors (Lipinski definition) is 2. The van der Waals surface area contributed by atoms with Gasteiger partial charge < -0.3 is 9.84 Å². The third-order valence-electron chi connectivity index (χ3n) is 1.95. The van der Waals surface area contributed by atoms with Crippen LogP contribution in [0.25, 0.3) is 0 Å². The first-order valence-corrected chi connectivity index (χ1v) is 5.10. The van der Waals surface area contributed by atoms with Gasteiger partial charge in [0.25, 0.3) is 0 Å². The average molecular weight is 229 g/mol. The summed E-state index contributed by atoms with van der Waals surface area (Å²) in [5, 5.41) is 9.48. The van der Waals surface area contributed by atoms with Crippen molar-refractivity contribution in [2.45, 2.75) is 19.4 Å². The summed E-state index contributed by atoms with van der Waals surface area (Å²) in [5.41, 5.74) is 0.864. The van der Waals surface area contributed by atoms with Crippen LogP contribution in [0.4, 0.5) is 0 Å². The van der Waals surface area contributed by atoms with Crippen LogP contribution < -0.4 is 0 Å². The molecule has 1 aromatic rings. The molecule has 4 heteroatoms. The highest BCUT2D eigenvalue weighted by Crippen LogP contribution is 2.13. The standard InChI is InChI=1S/C11H13ClO3/c1-2-15-10(11(13)14)7-8-4-3-5-9(12)6-8/h3-6,10H,2,7H2,1H3,(H,13,14). The SMILES string of the molecule is CCOC(Cc1cccc(Cl)c1)C(=O)O. The number of carboxylic acid groups (broad SMARTS) is 1. The first-order chi connectivity index (χ1) is 7.13. The van der Waals surface area contributed by atoms with Crippen LogP contribution in [-0.4, -0.2) is 23.8 Å². The minimum atomic E-state index is -0.947. The topological polar surface area (TPSA) is 46.5 Å². The lowest BCUT2D eigenvalue weighted by atomic mass is 10.1. The smallest absolute Gasteiger partial charge is 0.333 e. The highest BCUT2D eigenvalue weighted by Gasteiger charge is 2.17. The predicted octanol–water partition coefficient (Wildman–Crippen LogP) is 2.37. The number of ether oxygens (including phenoxy) is 1. The molecule has 0 aromatic heterocycles. The van der Waals surface area contributed by atoms with Crippen LogP contribution >= 0.6 is 11.6 Å². The number of halogens is 1. The molecule has 0 aliphatic carbocycles. The fourth-order valence-electron chi connectivity index (χ4n) is 1.30. The minimum Gasteiger partial charge on any atom is -0.479 e. The molecule has 0 radical (unpaired) electrons. The summed E-state index contributed by atoms with van der Waals surface area (Å²) in [5.74, 6) is -0.947. The molecule has 1 rings (SSSR count). The molecule has 1 aromatic carbocycles. The Balaban J connectivity index is 2.69. The summed E-state index contributed by atoms with van der Waals surface area (Å²) in [4.78, 5) is 10.8. The second kappa shape index (κ2) is 5.73. The Kier molecular flexibility index (Phi) is 4.59. The molecule has 3 nitrogen and oxygen atoms in total. The van der Waals surface area contributed by atoms with Crippen molar-refractivity contribution in [3.8, 4) is 0 Å². The Labute approximate surface area is 93.6 Å². The molecule has 1 N–H and O–H groups in total. The fourth-order valence-corrected chi connectivity index (χ4v) is 1.51. The summed E-state index contributed by atoms with van der Waals surface area (Å²) < 4.78 is 5.10. The summed E-state index contributed by atoms with van der Waals surface area (Å²) in [6, 6.07) is 7.13. The van der Waals surface area contributed by atoms with Crippen molar-refractivity contribution in [3.05, 3.63) is 34.9 Å². The monoisotopic (exact) mass is 228 g/mol. The molecule has 1 atom stereocenters. The van der Waals surface area contributed by atoms with Crippen molar-refractivity contribution in [1.82, 2.24) is 0 Å². The lowest BCUT2D eigenvalue weighted by Crippen LogP contribution is -2.26. The Morgan fingerprint density at radius 3 is 2.87 bits per heavy atom. The van der Waals surface area contributed by atoms with E-state index in [1.54, 1.807) is 25.1 Å². The zero-order valence-corrected chi connectivity index (χ0v) is 9.20. The predicted molar refractivity (Wildman–Crippen MR) is 58.2 cm³/mol. The fraction of sp³-hybridized carbons (Fsp3) is 0.364. The first kappa shape index (κ1) is 12.0. The van der Waals surface area contributed by atoms with Gasteiger partial charge in [0, 0.05) is 18.1 Å². The maximum absolute atomic E-state index is 10.8. The van der Waals surface area contributed by atoms with Gasteiger partial charge in [0.2, 0.25) is 0 Å². The van der Waals surface area contributed by atoms with Gasteiger partial charge in [0.15, 0.2) is 6.10 Å². The molecule has 0 saturated heterocycles. The lowest BCUT2D eigenvalue weighted by molar-refractivity contribution is -0.149. The molecule has 0 heterocycles. The van der Waals surface area contributed by atoms with E-state index >= 15 is 0 Å². The zero-order valence-electron chi connectivity index (χ0n) is 8.44. The molecular weight excluding hydrogens is 216 g/mol. The summed E-state index contributed by atoms with van der Waals surface area (Å²) in [6.45, 7) is 2.16. The van der Waals surface area contributed by atoms with Crippen molar-refractivity contribution in [3.63, 3.8) is 0 Å². The number of benzene rings is 1. The maximum Gasteiger partial charge on any atom is 0.333 e. The van der Waals surface area contributed by atoms with Crippen LogP contribution in [0.3, 0.4) is 0 Å². The van der Waals surface area contributed by atoms with E-state index in [0.717, 1.165) is 5.56 Å². The second-order valence-electron chi connectivity index (χ2n) is 3.12. The van der Waals surface area contributed by atoms with Crippen LogP contribution in [0.1, 0.15) is 12.5 Å². The van der Waals surface area contributed by atoms with Gasteiger partial charge in [-0.1, -0.05) is 23.7 Å². The zero-order chi connectivity index (χ0) is 11.3. The summed E-state index contributed by atoms with van der Waals surface area (Å²) in [6.07, 6.45) is -0.461. The molecule has 0 saturated carbocycles. The summed E-state index contributed by atoms with van der Waals surface area (Å²) >= 11 is 5.80. The van der Waals surface area contributed by atoms with Crippen molar-refractivity contribution in [2.75, 3.05) is 6.61 Å². The number of aliphatic carboxylic acids is 1. The molecule has 0 fully saturated rings. The molecule has 82 valence electrons. The Bertz CT molecular complexity index is 338. The second-order valence-corrected chi connectivity index (χ2v) is 3.55. The molecule has 0 aliphatic rings. The third kappa shape index (κ3) is 3.90.